The van der Waals surface area contributed by atoms with Gasteiger partial charge in [-0.3, -0.25) is 4.90 Å². The molecule has 2 aromatic carbocycles. The average Bonchev–Trinajstić information content (AvgIpc) is 3.51. The van der Waals surface area contributed by atoms with Gasteiger partial charge in [0.2, 0.25) is 0 Å². The molecule has 9 heteroatoms. The number of unbranched alkanes of at least 4 members (excludes halogenated alkanes) is 4. The van der Waals surface area contributed by atoms with Crippen molar-refractivity contribution in [2.45, 2.75) is 77.9 Å². The summed E-state index contributed by atoms with van der Waals surface area (Å²) in [5, 5.41) is 15.5. The van der Waals surface area contributed by atoms with Gasteiger partial charge in [0.15, 0.2) is 0 Å². The van der Waals surface area contributed by atoms with Crippen molar-refractivity contribution in [1.29, 1.82) is 0 Å². The third-order valence-electron chi connectivity index (χ3n) is 7.67. The first-order valence-corrected chi connectivity index (χ1v) is 16.1. The molecule has 1 aliphatic rings. The maximum Gasteiger partial charge on any atom is 0.143 e. The van der Waals surface area contributed by atoms with E-state index in [1.165, 1.54) is 50.3 Å². The van der Waals surface area contributed by atoms with Crippen molar-refractivity contribution >= 4 is 23.1 Å². The number of nitrogens with zero attached hydrogens (tertiary/aromatic N) is 3. The fourth-order valence-corrected chi connectivity index (χ4v) is 5.37. The van der Waals surface area contributed by atoms with Crippen molar-refractivity contribution in [3.05, 3.63) is 78.1 Å². The number of aromatic nitrogens is 3. The van der Waals surface area contributed by atoms with Gasteiger partial charge in [0.05, 0.1) is 5.39 Å². The normalized spacial score (nSPS) is 13.5. The molecule has 1 fully saturated rings. The van der Waals surface area contributed by atoms with Gasteiger partial charge in [-0.1, -0.05) is 81.3 Å². The van der Waals surface area contributed by atoms with E-state index in [1.807, 2.05) is 32.0 Å². The van der Waals surface area contributed by atoms with Crippen LogP contribution in [-0.4, -0.2) is 64.1 Å². The topological polar surface area (TPSA) is 118 Å². The van der Waals surface area contributed by atoms with E-state index < -0.39 is 0 Å². The number of anilines is 1. The standard InChI is InChI=1S/C32H40N6O.C2H6.CH5NO/c39-20-8-3-1-2-7-17-33-28-15-18-38(19-16-28)23-26-11-13-27(14-12-26)30-21-29-31(35-24-36-32(29)37-30)34-22-25-9-5-4-6-10-25;1-2;1-2-3/h4-6,9-14,20-21,24,28,33H,1-3,7-8,15-19,22-23H2,(H2,34,35,36,37);1-2H3;2-3H,1H3. The molecule has 0 bridgehead atoms. The van der Waals surface area contributed by atoms with Crippen LogP contribution in [0.15, 0.2) is 67.0 Å². The van der Waals surface area contributed by atoms with E-state index >= 15 is 0 Å². The van der Waals surface area contributed by atoms with Crippen LogP contribution in [0.4, 0.5) is 5.82 Å². The van der Waals surface area contributed by atoms with Gasteiger partial charge < -0.3 is 25.6 Å². The Kier molecular flexibility index (Phi) is 16.1. The number of H-pyrrole nitrogens is 1. The quantitative estimate of drug-likeness (QED) is 0.0627. The third kappa shape index (κ3) is 11.5. The van der Waals surface area contributed by atoms with Crippen LogP contribution in [0.25, 0.3) is 22.3 Å². The first-order valence-electron chi connectivity index (χ1n) is 16.1. The molecule has 2 aromatic heterocycles. The zero-order valence-electron chi connectivity index (χ0n) is 26.7. The highest BCUT2D eigenvalue weighted by Crippen LogP contribution is 2.27. The molecule has 9 nitrogen and oxygen atoms in total. The van der Waals surface area contributed by atoms with Crippen molar-refractivity contribution in [2.75, 3.05) is 32.0 Å². The number of carbonyl (C=O) groups excluding carboxylic acids is 1. The summed E-state index contributed by atoms with van der Waals surface area (Å²) in [5.41, 5.74) is 7.36. The highest BCUT2D eigenvalue weighted by molar-refractivity contribution is 5.91. The molecular formula is C35H51N7O2. The van der Waals surface area contributed by atoms with Gasteiger partial charge in [-0.25, -0.2) is 15.4 Å². The van der Waals surface area contributed by atoms with Gasteiger partial charge in [0, 0.05) is 38.3 Å². The Morgan fingerprint density at radius 2 is 1.66 bits per heavy atom. The molecule has 0 radical (unpaired) electrons. The molecule has 4 aromatic rings. The predicted molar refractivity (Wildman–Crippen MR) is 181 cm³/mol. The van der Waals surface area contributed by atoms with Crippen LogP contribution in [0, 0.1) is 0 Å². The zero-order valence-corrected chi connectivity index (χ0v) is 26.7. The van der Waals surface area contributed by atoms with Crippen LogP contribution in [0.3, 0.4) is 0 Å². The van der Waals surface area contributed by atoms with E-state index in [0.717, 1.165) is 73.5 Å². The average molecular weight is 602 g/mol. The van der Waals surface area contributed by atoms with Gasteiger partial charge in [0.25, 0.3) is 0 Å². The summed E-state index contributed by atoms with van der Waals surface area (Å²) in [7, 11) is 1.43. The summed E-state index contributed by atoms with van der Waals surface area (Å²) in [4.78, 5) is 25.4. The van der Waals surface area contributed by atoms with E-state index in [2.05, 4.69) is 72.9 Å². The lowest BCUT2D eigenvalue weighted by atomic mass is 10.0. The second-order valence-electron chi connectivity index (χ2n) is 10.8. The highest BCUT2D eigenvalue weighted by atomic mass is 16.5. The molecule has 0 amide bonds. The highest BCUT2D eigenvalue weighted by Gasteiger charge is 2.18. The smallest absolute Gasteiger partial charge is 0.143 e. The fourth-order valence-electron chi connectivity index (χ4n) is 5.37. The first kappa shape index (κ1) is 34.9. The monoisotopic (exact) mass is 601 g/mol. The molecule has 1 aliphatic heterocycles. The van der Waals surface area contributed by atoms with E-state index in [-0.39, 0.29) is 0 Å². The fraction of sp³-hybridized carbons (Fsp3) is 0.457. The van der Waals surface area contributed by atoms with E-state index in [0.29, 0.717) is 12.5 Å². The van der Waals surface area contributed by atoms with Crippen LogP contribution >= 0.6 is 0 Å². The van der Waals surface area contributed by atoms with Crippen LogP contribution in [0.5, 0.6) is 0 Å². The maximum atomic E-state index is 10.4. The zero-order chi connectivity index (χ0) is 31.4. The van der Waals surface area contributed by atoms with Crippen molar-refractivity contribution in [1.82, 2.24) is 30.6 Å². The summed E-state index contributed by atoms with van der Waals surface area (Å²) in [6.45, 7) is 9.09. The van der Waals surface area contributed by atoms with Crippen molar-refractivity contribution in [2.24, 2.45) is 0 Å². The Labute approximate surface area is 262 Å². The molecule has 0 aliphatic carbocycles. The number of hydroxylamine groups is 1. The van der Waals surface area contributed by atoms with Crippen LogP contribution in [0.1, 0.15) is 69.9 Å². The number of aldehydes is 1. The molecule has 0 spiro atoms. The van der Waals surface area contributed by atoms with Gasteiger partial charge in [-0.2, -0.15) is 0 Å². The number of benzene rings is 2. The Bertz CT molecular complexity index is 1320. The Morgan fingerprint density at radius 3 is 2.36 bits per heavy atom. The van der Waals surface area contributed by atoms with E-state index in [9.17, 15) is 4.79 Å². The number of likely N-dealkylation sites (tertiary alicyclic amines) is 1. The molecule has 1 saturated heterocycles. The van der Waals surface area contributed by atoms with Crippen LogP contribution in [0.2, 0.25) is 0 Å². The summed E-state index contributed by atoms with van der Waals surface area (Å²) >= 11 is 0. The van der Waals surface area contributed by atoms with E-state index in [1.54, 1.807) is 11.8 Å². The summed E-state index contributed by atoms with van der Waals surface area (Å²) in [6.07, 6.45) is 10.4. The van der Waals surface area contributed by atoms with Crippen molar-refractivity contribution < 1.29 is 10.0 Å². The minimum Gasteiger partial charge on any atom is -0.365 e. The van der Waals surface area contributed by atoms with Crippen molar-refractivity contribution in [3.63, 3.8) is 0 Å². The Balaban J connectivity index is 0.000000997. The lowest BCUT2D eigenvalue weighted by Crippen LogP contribution is -2.42. The third-order valence-corrected chi connectivity index (χ3v) is 7.67. The number of nitrogens with one attached hydrogen (secondary N) is 4. The second-order valence-corrected chi connectivity index (χ2v) is 10.8. The number of fused-ring (bicyclic) bond motifs is 1. The SMILES string of the molecule is CC.CNO.O=CCCCCCCNC1CCN(Cc2ccc(-c3cc4c(NCc5ccccc5)ncnc4[nH]3)cc2)CC1. The molecule has 44 heavy (non-hydrogen) atoms. The van der Waals surface area contributed by atoms with Gasteiger partial charge >= 0.3 is 0 Å². The van der Waals surface area contributed by atoms with E-state index in [4.69, 9.17) is 5.21 Å². The number of hydrogen-bond acceptors (Lipinski definition) is 8. The van der Waals surface area contributed by atoms with Gasteiger partial charge in [0.1, 0.15) is 24.1 Å². The molecule has 0 saturated carbocycles. The van der Waals surface area contributed by atoms with Crippen LogP contribution in [-0.2, 0) is 17.9 Å². The number of carbonyl (C=O) groups is 1. The van der Waals surface area contributed by atoms with Gasteiger partial charge in [-0.05, 0) is 68.1 Å². The molecule has 238 valence electrons. The molecule has 5 rings (SSSR count). The summed E-state index contributed by atoms with van der Waals surface area (Å²) in [6, 6.07) is 22.0. The number of piperidine rings is 1. The predicted octanol–water partition coefficient (Wildman–Crippen LogP) is 6.56. The molecule has 5 N–H and O–H groups in total. The van der Waals surface area contributed by atoms with Gasteiger partial charge in [-0.15, -0.1) is 0 Å². The Hall–Kier alpha value is -3.63. The lowest BCUT2D eigenvalue weighted by Gasteiger charge is -2.32. The number of hydrogen-bond donors (Lipinski definition) is 5. The molecule has 0 atom stereocenters. The first-order chi connectivity index (χ1) is 21.7. The molecular weight excluding hydrogens is 550 g/mol. The maximum absolute atomic E-state index is 10.4. The summed E-state index contributed by atoms with van der Waals surface area (Å²) < 4.78 is 0. The lowest BCUT2D eigenvalue weighted by molar-refractivity contribution is -0.107. The minimum absolute atomic E-state index is 0.635. The number of rotatable bonds is 14. The molecule has 3 heterocycles. The van der Waals surface area contributed by atoms with Crippen molar-refractivity contribution in [3.8, 4) is 11.3 Å². The number of aromatic amines is 1. The molecule has 0 unspecified atom stereocenters. The second kappa shape index (κ2) is 20.3. The largest absolute Gasteiger partial charge is 0.365 e. The minimum atomic E-state index is 0.635. The van der Waals surface area contributed by atoms with Crippen LogP contribution < -0.4 is 16.1 Å². The Morgan fingerprint density at radius 1 is 0.955 bits per heavy atom. The summed E-state index contributed by atoms with van der Waals surface area (Å²) in [5.74, 6) is 0.843.